The van der Waals surface area contributed by atoms with Gasteiger partial charge in [-0.1, -0.05) is 55.3 Å². The van der Waals surface area contributed by atoms with Crippen molar-refractivity contribution in [1.82, 2.24) is 15.5 Å². The van der Waals surface area contributed by atoms with Gasteiger partial charge in [-0.25, -0.2) is 9.59 Å². The van der Waals surface area contributed by atoms with Crippen LogP contribution in [0.4, 0.5) is 4.79 Å². The molecule has 10 heteroatoms. The number of aliphatic hydroxyl groups is 1. The number of benzene rings is 1. The number of nitrogens with zero attached hydrogens (tertiary/aromatic N) is 1. The molecular weight excluding hydrogens is 526 g/mol. The van der Waals surface area contributed by atoms with Crippen LogP contribution in [0.5, 0.6) is 0 Å². The Balaban J connectivity index is 1.53. The Bertz CT molecular complexity index is 1060. The maximum Gasteiger partial charge on any atom is 0.408 e. The fraction of sp³-hybridized carbons (Fsp3) is 0.548. The van der Waals surface area contributed by atoms with Crippen LogP contribution in [-0.2, 0) is 30.5 Å². The van der Waals surface area contributed by atoms with E-state index < -0.39 is 29.6 Å². The van der Waals surface area contributed by atoms with Crippen LogP contribution in [0, 0.1) is 5.92 Å². The maximum atomic E-state index is 13.5. The van der Waals surface area contributed by atoms with Crippen LogP contribution in [-0.4, -0.2) is 71.3 Å². The van der Waals surface area contributed by atoms with Gasteiger partial charge in [0.05, 0.1) is 24.1 Å². The zero-order chi connectivity index (χ0) is 29.7. The van der Waals surface area contributed by atoms with Gasteiger partial charge in [0.15, 0.2) is 0 Å². The number of rotatable bonds is 15. The minimum absolute atomic E-state index is 0.00790. The highest BCUT2D eigenvalue weighted by atomic mass is 16.6. The van der Waals surface area contributed by atoms with Crippen molar-refractivity contribution in [3.63, 3.8) is 0 Å². The molecule has 1 aromatic rings. The predicted molar refractivity (Wildman–Crippen MR) is 153 cm³/mol. The van der Waals surface area contributed by atoms with E-state index in [4.69, 9.17) is 9.47 Å². The summed E-state index contributed by atoms with van der Waals surface area (Å²) in [5, 5.41) is 15.3. The molecule has 0 unspecified atom stereocenters. The van der Waals surface area contributed by atoms with Gasteiger partial charge in [0.1, 0.15) is 19.3 Å². The Hall–Kier alpha value is -3.66. The normalized spacial score (nSPS) is 19.0. The average molecular weight is 570 g/mol. The number of esters is 1. The number of alkyl carbamates (subject to hydrolysis) is 1. The lowest BCUT2D eigenvalue weighted by Gasteiger charge is -2.31. The lowest BCUT2D eigenvalue weighted by Crippen LogP contribution is -2.50. The number of carbonyl (C=O) groups excluding carboxylic acids is 4. The Morgan fingerprint density at radius 1 is 1.05 bits per heavy atom. The number of amides is 3. The van der Waals surface area contributed by atoms with E-state index in [1.54, 1.807) is 11.0 Å². The lowest BCUT2D eigenvalue weighted by atomic mass is 9.95. The summed E-state index contributed by atoms with van der Waals surface area (Å²) in [4.78, 5) is 53.2. The molecule has 1 aliphatic heterocycles. The fourth-order valence-corrected chi connectivity index (χ4v) is 5.52. The smallest absolute Gasteiger partial charge is 0.408 e. The summed E-state index contributed by atoms with van der Waals surface area (Å²) in [6.07, 6.45) is 7.59. The number of hydrogen-bond acceptors (Lipinski definition) is 7. The zero-order valence-corrected chi connectivity index (χ0v) is 23.7. The first kappa shape index (κ1) is 31.9. The first-order valence-electron chi connectivity index (χ1n) is 14.4. The Morgan fingerprint density at radius 2 is 1.76 bits per heavy atom. The summed E-state index contributed by atoms with van der Waals surface area (Å²) >= 11 is 0. The second-order valence-corrected chi connectivity index (χ2v) is 10.9. The molecule has 10 nitrogen and oxygen atoms in total. The standard InChI is InChI=1S/C31H43N3O7/c1-3-11-24(19-27(36)33-31(22-35)16-8-9-17-31)28(37)34-18-10-15-25(34)21-40-29(38)26(12-4-2)32-30(39)41-20-23-13-6-5-7-14-23/h3-7,13-14,24-26,35H,1-2,8-12,15-22H2,(H,32,39)(H,33,36)/t24-,25-,26+/m0/s1. The number of hydrogen-bond donors (Lipinski definition) is 3. The van der Waals surface area contributed by atoms with Crippen LogP contribution in [0.3, 0.4) is 0 Å². The number of allylic oxidation sites excluding steroid dienone is 1. The average Bonchev–Trinajstić information content (AvgIpc) is 3.64. The minimum Gasteiger partial charge on any atom is -0.462 e. The minimum atomic E-state index is -0.979. The third-order valence-electron chi connectivity index (χ3n) is 7.77. The van der Waals surface area contributed by atoms with Crippen LogP contribution in [0.1, 0.15) is 63.4 Å². The van der Waals surface area contributed by atoms with E-state index in [1.165, 1.54) is 6.08 Å². The van der Waals surface area contributed by atoms with Crippen molar-refractivity contribution >= 4 is 23.9 Å². The number of carbonyl (C=O) groups is 4. The summed E-state index contributed by atoms with van der Waals surface area (Å²) in [5.74, 6) is -1.70. The highest BCUT2D eigenvalue weighted by molar-refractivity contribution is 5.87. The summed E-state index contributed by atoms with van der Waals surface area (Å²) in [6.45, 7) is 7.82. The van der Waals surface area contributed by atoms with Crippen molar-refractivity contribution in [3.05, 3.63) is 61.2 Å². The topological polar surface area (TPSA) is 134 Å². The first-order chi connectivity index (χ1) is 19.8. The molecule has 1 heterocycles. The highest BCUT2D eigenvalue weighted by Gasteiger charge is 2.38. The second kappa shape index (κ2) is 16.0. The van der Waals surface area contributed by atoms with Gasteiger partial charge in [0.25, 0.3) is 0 Å². The van der Waals surface area contributed by atoms with Gasteiger partial charge in [-0.05, 0) is 44.1 Å². The molecular formula is C31H43N3O7. The van der Waals surface area contributed by atoms with Crippen molar-refractivity contribution in [2.24, 2.45) is 5.92 Å². The molecule has 0 radical (unpaired) electrons. The van der Waals surface area contributed by atoms with Gasteiger partial charge in [0.2, 0.25) is 11.8 Å². The van der Waals surface area contributed by atoms with Gasteiger partial charge in [0, 0.05) is 13.0 Å². The first-order valence-corrected chi connectivity index (χ1v) is 14.4. The van der Waals surface area contributed by atoms with E-state index in [2.05, 4.69) is 23.8 Å². The molecule has 1 saturated carbocycles. The molecule has 3 atom stereocenters. The van der Waals surface area contributed by atoms with Crippen molar-refractivity contribution in [2.75, 3.05) is 19.8 Å². The third kappa shape index (κ3) is 9.45. The van der Waals surface area contributed by atoms with E-state index in [0.29, 0.717) is 19.4 Å². The van der Waals surface area contributed by atoms with E-state index in [-0.39, 0.29) is 50.5 Å². The largest absolute Gasteiger partial charge is 0.462 e. The zero-order valence-electron chi connectivity index (χ0n) is 23.7. The predicted octanol–water partition coefficient (Wildman–Crippen LogP) is 3.40. The fourth-order valence-electron chi connectivity index (χ4n) is 5.52. The van der Waals surface area contributed by atoms with Gasteiger partial charge < -0.3 is 30.1 Å². The molecule has 0 spiro atoms. The van der Waals surface area contributed by atoms with Gasteiger partial charge in [-0.2, -0.15) is 0 Å². The van der Waals surface area contributed by atoms with Crippen molar-refractivity contribution in [3.8, 4) is 0 Å². The molecule has 3 N–H and O–H groups in total. The van der Waals surface area contributed by atoms with E-state index in [1.807, 2.05) is 30.3 Å². The molecule has 224 valence electrons. The molecule has 1 aliphatic carbocycles. The lowest BCUT2D eigenvalue weighted by molar-refractivity contribution is -0.150. The molecule has 1 aromatic carbocycles. The third-order valence-corrected chi connectivity index (χ3v) is 7.77. The van der Waals surface area contributed by atoms with Crippen LogP contribution >= 0.6 is 0 Å². The maximum absolute atomic E-state index is 13.5. The van der Waals surface area contributed by atoms with Crippen LogP contribution in [0.15, 0.2) is 55.6 Å². The Kier molecular flexibility index (Phi) is 12.4. The van der Waals surface area contributed by atoms with E-state index >= 15 is 0 Å². The number of likely N-dealkylation sites (tertiary alicyclic amines) is 1. The molecule has 0 bridgehead atoms. The van der Waals surface area contributed by atoms with Gasteiger partial charge >= 0.3 is 12.1 Å². The Morgan fingerprint density at radius 3 is 2.41 bits per heavy atom. The number of nitrogens with one attached hydrogen (secondary N) is 2. The summed E-state index contributed by atoms with van der Waals surface area (Å²) in [6, 6.07) is 7.86. The summed E-state index contributed by atoms with van der Waals surface area (Å²) < 4.78 is 10.8. The molecule has 3 amide bonds. The van der Waals surface area contributed by atoms with Crippen LogP contribution in [0.25, 0.3) is 0 Å². The van der Waals surface area contributed by atoms with E-state index in [0.717, 1.165) is 37.7 Å². The van der Waals surface area contributed by atoms with Gasteiger partial charge in [-0.3, -0.25) is 9.59 Å². The van der Waals surface area contributed by atoms with E-state index in [9.17, 15) is 24.3 Å². The van der Waals surface area contributed by atoms with Crippen molar-refractivity contribution in [1.29, 1.82) is 0 Å². The molecule has 1 saturated heterocycles. The number of aliphatic hydroxyl groups excluding tert-OH is 1. The van der Waals surface area contributed by atoms with Gasteiger partial charge in [-0.15, -0.1) is 13.2 Å². The van der Waals surface area contributed by atoms with Crippen molar-refractivity contribution in [2.45, 2.75) is 82.0 Å². The SMILES string of the molecule is C=CC[C@@H](CC(=O)NC1(CO)CCCC1)C(=O)N1CCC[C@H]1COC(=O)[C@@H](CC=C)NC(=O)OCc1ccccc1. The summed E-state index contributed by atoms with van der Waals surface area (Å²) in [7, 11) is 0. The van der Waals surface area contributed by atoms with Crippen LogP contribution in [0.2, 0.25) is 0 Å². The molecule has 3 rings (SSSR count). The second-order valence-electron chi connectivity index (χ2n) is 10.9. The molecule has 2 fully saturated rings. The molecule has 2 aliphatic rings. The molecule has 41 heavy (non-hydrogen) atoms. The highest BCUT2D eigenvalue weighted by Crippen LogP contribution is 2.30. The van der Waals surface area contributed by atoms with Crippen molar-refractivity contribution < 1.29 is 33.8 Å². The quantitative estimate of drug-likeness (QED) is 0.218. The van der Waals surface area contributed by atoms with Crippen LogP contribution < -0.4 is 10.6 Å². The monoisotopic (exact) mass is 569 g/mol. The molecule has 0 aromatic heterocycles. The summed E-state index contributed by atoms with van der Waals surface area (Å²) in [5.41, 5.74) is 0.211. The Labute approximate surface area is 242 Å². The number of ether oxygens (including phenoxy) is 2.